The first-order chi connectivity index (χ1) is 19.6. The molecule has 1 aliphatic rings. The predicted molar refractivity (Wildman–Crippen MR) is 152 cm³/mol. The van der Waals surface area contributed by atoms with Crippen molar-refractivity contribution < 1.29 is 23.0 Å². The highest BCUT2D eigenvalue weighted by Gasteiger charge is 2.31. The van der Waals surface area contributed by atoms with Gasteiger partial charge in [0, 0.05) is 41.5 Å². The maximum absolute atomic E-state index is 13.0. The van der Waals surface area contributed by atoms with Crippen LogP contribution in [0.4, 0.5) is 18.9 Å². The van der Waals surface area contributed by atoms with Gasteiger partial charge < -0.3 is 42.2 Å². The molecule has 3 aromatic rings. The minimum atomic E-state index is -4.81. The Balaban J connectivity index is 1.51. The molecule has 9 N–H and O–H groups in total. The standard InChI is InChI=1S/C28H35F3N8O2/c29-28(30,31)41-23-13-19(4-1-2-9-32)12-20(14-23)24-15-21-17-39(27(40)38-25(21)37-24)22-7-5-18(6-8-22)16-35-10-3-11-36-26(33)34/h5-8,12-15,17,27,35,40H,1-4,9-11,16,32H2,(H,37,38)(H4,33,34,36). The summed E-state index contributed by atoms with van der Waals surface area (Å²) in [6.45, 7) is 2.49. The lowest BCUT2D eigenvalue weighted by molar-refractivity contribution is -0.274. The third kappa shape index (κ3) is 8.71. The molecule has 1 atom stereocenters. The molecule has 1 unspecified atom stereocenters. The van der Waals surface area contributed by atoms with Crippen molar-refractivity contribution in [3.63, 3.8) is 0 Å². The number of nitrogens with one attached hydrogen (secondary N) is 2. The molecule has 0 radical (unpaired) electrons. The number of anilines is 1. The number of aromatic nitrogens is 1. The lowest BCUT2D eigenvalue weighted by atomic mass is 10.0. The van der Waals surface area contributed by atoms with Crippen LogP contribution in [-0.2, 0) is 13.0 Å². The Labute approximate surface area is 235 Å². The highest BCUT2D eigenvalue weighted by molar-refractivity contribution is 5.75. The van der Waals surface area contributed by atoms with Crippen LogP contribution >= 0.6 is 0 Å². The summed E-state index contributed by atoms with van der Waals surface area (Å²) in [5.74, 6) is -0.212. The average Bonchev–Trinajstić information content (AvgIpc) is 3.32. The summed E-state index contributed by atoms with van der Waals surface area (Å²) in [5, 5.41) is 14.7. The van der Waals surface area contributed by atoms with E-state index >= 15 is 0 Å². The van der Waals surface area contributed by atoms with Crippen molar-refractivity contribution in [2.75, 3.05) is 24.5 Å². The summed E-state index contributed by atoms with van der Waals surface area (Å²) in [6, 6.07) is 14.0. The van der Waals surface area contributed by atoms with Gasteiger partial charge in [-0.2, -0.15) is 0 Å². The summed E-state index contributed by atoms with van der Waals surface area (Å²) in [7, 11) is 0. The molecule has 10 nitrogen and oxygen atoms in total. The van der Waals surface area contributed by atoms with Gasteiger partial charge in [-0.3, -0.25) is 4.99 Å². The van der Waals surface area contributed by atoms with Gasteiger partial charge in [-0.25, -0.2) is 4.99 Å². The highest BCUT2D eigenvalue weighted by atomic mass is 19.4. The van der Waals surface area contributed by atoms with E-state index in [1.165, 1.54) is 12.1 Å². The van der Waals surface area contributed by atoms with Gasteiger partial charge >= 0.3 is 6.36 Å². The summed E-state index contributed by atoms with van der Waals surface area (Å²) >= 11 is 0. The third-order valence-corrected chi connectivity index (χ3v) is 6.40. The van der Waals surface area contributed by atoms with Gasteiger partial charge in [0.1, 0.15) is 11.2 Å². The average molecular weight is 573 g/mol. The summed E-state index contributed by atoms with van der Waals surface area (Å²) in [5.41, 5.74) is 20.2. The number of unbranched alkanes of at least 4 members (excludes halogenated alkanes) is 1. The predicted octanol–water partition coefficient (Wildman–Crippen LogP) is 1.77. The van der Waals surface area contributed by atoms with E-state index in [0.717, 1.165) is 37.1 Å². The molecule has 2 heterocycles. The fourth-order valence-corrected chi connectivity index (χ4v) is 4.48. The normalized spacial score (nSPS) is 14.7. The van der Waals surface area contributed by atoms with Crippen molar-refractivity contribution in [1.82, 2.24) is 10.3 Å². The number of aliphatic hydroxyl groups excluding tert-OH is 1. The van der Waals surface area contributed by atoms with Crippen molar-refractivity contribution in [3.8, 4) is 17.0 Å². The van der Waals surface area contributed by atoms with E-state index in [1.54, 1.807) is 17.2 Å². The van der Waals surface area contributed by atoms with Gasteiger partial charge in [-0.05, 0) is 86.3 Å². The second-order valence-electron chi connectivity index (χ2n) is 9.66. The molecule has 0 aliphatic carbocycles. The Kier molecular flexibility index (Phi) is 9.86. The molecule has 0 spiro atoms. The number of H-pyrrole nitrogens is 1. The fraction of sp³-hybridized carbons (Fsp3) is 0.357. The second-order valence-corrected chi connectivity index (χ2v) is 9.66. The Morgan fingerprint density at radius 3 is 2.56 bits per heavy atom. The van der Waals surface area contributed by atoms with Crippen LogP contribution in [0.5, 0.6) is 5.75 Å². The highest BCUT2D eigenvalue weighted by Crippen LogP contribution is 2.29. The SMILES string of the molecule is NCCCCc1cc(OC(F)(F)F)cc(-c2cc3c([nH]2)=NC(O)N(c2ccc(CNCCCN=C(N)N)cc2)C=3)c1. The smallest absolute Gasteiger partial charge is 0.406 e. The first-order valence-corrected chi connectivity index (χ1v) is 13.3. The maximum atomic E-state index is 13.0. The van der Waals surface area contributed by atoms with Gasteiger partial charge in [0.2, 0.25) is 6.35 Å². The first-order valence-electron chi connectivity index (χ1n) is 13.3. The van der Waals surface area contributed by atoms with Gasteiger partial charge in [0.25, 0.3) is 0 Å². The largest absolute Gasteiger partial charge is 0.573 e. The molecule has 0 amide bonds. The molecule has 2 aromatic carbocycles. The molecule has 1 aliphatic heterocycles. The number of nitrogens with zero attached hydrogens (tertiary/aromatic N) is 3. The van der Waals surface area contributed by atoms with E-state index in [-0.39, 0.29) is 11.7 Å². The summed E-state index contributed by atoms with van der Waals surface area (Å²) < 4.78 is 43.2. The zero-order chi connectivity index (χ0) is 29.4. The lowest BCUT2D eigenvalue weighted by Gasteiger charge is -2.25. The van der Waals surface area contributed by atoms with Crippen LogP contribution in [0.25, 0.3) is 17.5 Å². The number of aryl methyl sites for hydroxylation is 1. The molecule has 0 fully saturated rings. The van der Waals surface area contributed by atoms with Crippen LogP contribution < -0.4 is 42.9 Å². The van der Waals surface area contributed by atoms with E-state index < -0.39 is 12.7 Å². The van der Waals surface area contributed by atoms with E-state index in [1.807, 2.05) is 30.3 Å². The number of alkyl halides is 3. The van der Waals surface area contributed by atoms with Crippen molar-refractivity contribution in [2.45, 2.75) is 44.9 Å². The van der Waals surface area contributed by atoms with Crippen LogP contribution in [0.3, 0.4) is 0 Å². The fourth-order valence-electron chi connectivity index (χ4n) is 4.48. The number of fused-ring (bicyclic) bond motifs is 1. The zero-order valence-electron chi connectivity index (χ0n) is 22.5. The van der Waals surface area contributed by atoms with Crippen LogP contribution in [-0.4, -0.2) is 48.4 Å². The van der Waals surface area contributed by atoms with E-state index in [4.69, 9.17) is 17.2 Å². The van der Waals surface area contributed by atoms with Crippen molar-refractivity contribution in [2.24, 2.45) is 27.2 Å². The van der Waals surface area contributed by atoms with Gasteiger partial charge in [-0.15, -0.1) is 13.2 Å². The number of guanidine groups is 1. The molecule has 220 valence electrons. The van der Waals surface area contributed by atoms with Crippen LogP contribution in [0.15, 0.2) is 58.5 Å². The molecule has 0 saturated heterocycles. The van der Waals surface area contributed by atoms with E-state index in [2.05, 4.69) is 25.0 Å². The number of halogens is 3. The van der Waals surface area contributed by atoms with Crippen LogP contribution in [0.1, 0.15) is 30.4 Å². The number of nitrogens with two attached hydrogens (primary N) is 3. The maximum Gasteiger partial charge on any atom is 0.573 e. The van der Waals surface area contributed by atoms with Gasteiger partial charge in [-0.1, -0.05) is 12.1 Å². The zero-order valence-corrected chi connectivity index (χ0v) is 22.5. The third-order valence-electron chi connectivity index (χ3n) is 6.40. The van der Waals surface area contributed by atoms with E-state index in [0.29, 0.717) is 53.6 Å². The molecule has 0 saturated carbocycles. The number of benzene rings is 2. The van der Waals surface area contributed by atoms with Gasteiger partial charge in [0.15, 0.2) is 5.96 Å². The molecule has 13 heteroatoms. The molecule has 0 bridgehead atoms. The number of hydrogen-bond donors (Lipinski definition) is 6. The number of aliphatic hydroxyl groups is 1. The minimum Gasteiger partial charge on any atom is -0.406 e. The van der Waals surface area contributed by atoms with E-state index in [9.17, 15) is 18.3 Å². The van der Waals surface area contributed by atoms with Crippen molar-refractivity contribution >= 4 is 17.8 Å². The molecular weight excluding hydrogens is 537 g/mol. The van der Waals surface area contributed by atoms with Crippen LogP contribution in [0, 0.1) is 0 Å². The molecule has 4 rings (SSSR count). The Morgan fingerprint density at radius 1 is 1.07 bits per heavy atom. The lowest BCUT2D eigenvalue weighted by Crippen LogP contribution is -2.41. The monoisotopic (exact) mass is 572 g/mol. The minimum absolute atomic E-state index is 0.0833. The first kappa shape index (κ1) is 29.9. The number of rotatable bonds is 13. The van der Waals surface area contributed by atoms with Crippen LogP contribution in [0.2, 0.25) is 0 Å². The molecular formula is C28H35F3N8O2. The number of aromatic amines is 1. The topological polar surface area (TPSA) is 163 Å². The quantitative estimate of drug-likeness (QED) is 0.103. The van der Waals surface area contributed by atoms with Gasteiger partial charge in [0.05, 0.1) is 0 Å². The number of hydrogen-bond acceptors (Lipinski definition) is 7. The summed E-state index contributed by atoms with van der Waals surface area (Å²) in [6.07, 6.45) is -1.37. The second kappa shape index (κ2) is 13.5. The summed E-state index contributed by atoms with van der Waals surface area (Å²) in [4.78, 5) is 13.0. The Hall–Kier alpha value is -4.07. The number of aliphatic imine (C=N–C) groups is 1. The Morgan fingerprint density at radius 2 is 1.85 bits per heavy atom. The Bertz CT molecular complexity index is 1450. The van der Waals surface area contributed by atoms with Crippen molar-refractivity contribution in [1.29, 1.82) is 0 Å². The molecule has 1 aromatic heterocycles. The molecule has 41 heavy (non-hydrogen) atoms. The van der Waals surface area contributed by atoms with Crippen molar-refractivity contribution in [3.05, 3.63) is 70.4 Å². The number of ether oxygens (including phenoxy) is 1.